The summed E-state index contributed by atoms with van der Waals surface area (Å²) in [7, 11) is 0. The van der Waals surface area contributed by atoms with Crippen molar-refractivity contribution < 1.29 is 18.7 Å². The van der Waals surface area contributed by atoms with E-state index in [1.54, 1.807) is 34.2 Å². The lowest BCUT2D eigenvalue weighted by Crippen LogP contribution is -2.55. The van der Waals surface area contributed by atoms with Crippen LogP contribution in [0.4, 0.5) is 9.18 Å². The number of carbonyl (C=O) groups is 2. The lowest BCUT2D eigenvalue weighted by Gasteiger charge is -2.39. The van der Waals surface area contributed by atoms with Crippen LogP contribution in [0.2, 0.25) is 5.02 Å². The van der Waals surface area contributed by atoms with Gasteiger partial charge in [-0.25, -0.2) is 9.18 Å². The van der Waals surface area contributed by atoms with E-state index in [9.17, 15) is 14.0 Å². The summed E-state index contributed by atoms with van der Waals surface area (Å²) in [5.41, 5.74) is 3.44. The Balaban J connectivity index is 1.36. The van der Waals surface area contributed by atoms with Crippen molar-refractivity contribution in [3.05, 3.63) is 69.9 Å². The lowest BCUT2D eigenvalue weighted by atomic mass is 9.84. The van der Waals surface area contributed by atoms with Crippen molar-refractivity contribution in [2.45, 2.75) is 51.5 Å². The van der Waals surface area contributed by atoms with Gasteiger partial charge in [0.15, 0.2) is 0 Å². The molecule has 0 N–H and O–H groups in total. The Morgan fingerprint density at radius 3 is 2.84 bits per heavy atom. The van der Waals surface area contributed by atoms with Crippen LogP contribution in [-0.4, -0.2) is 64.1 Å². The van der Waals surface area contributed by atoms with Crippen molar-refractivity contribution in [3.8, 4) is 0 Å². The van der Waals surface area contributed by atoms with Crippen LogP contribution in [0.1, 0.15) is 59.9 Å². The molecule has 1 aliphatic carbocycles. The normalized spacial score (nSPS) is 19.6. The molecule has 0 bridgehead atoms. The summed E-state index contributed by atoms with van der Waals surface area (Å²) in [6.45, 7) is 5.53. The molecule has 1 unspecified atom stereocenters. The summed E-state index contributed by atoms with van der Waals surface area (Å²) in [6.07, 6.45) is 4.04. The van der Waals surface area contributed by atoms with Crippen LogP contribution < -0.4 is 0 Å². The van der Waals surface area contributed by atoms with Crippen LogP contribution in [0, 0.1) is 5.82 Å². The third-order valence-corrected chi connectivity index (χ3v) is 7.72. The van der Waals surface area contributed by atoms with Crippen molar-refractivity contribution in [2.75, 3.05) is 26.2 Å². The summed E-state index contributed by atoms with van der Waals surface area (Å²) < 4.78 is 19.6. The molecule has 1 aliphatic heterocycles. The molecule has 7 nitrogen and oxygen atoms in total. The molecular formula is C28H30ClFN4O3. The van der Waals surface area contributed by atoms with Crippen molar-refractivity contribution >= 4 is 34.5 Å². The van der Waals surface area contributed by atoms with Gasteiger partial charge in [-0.3, -0.25) is 14.8 Å². The Kier molecular flexibility index (Phi) is 7.29. The van der Waals surface area contributed by atoms with E-state index in [0.717, 1.165) is 29.5 Å². The third-order valence-electron chi connectivity index (χ3n) is 7.28. The summed E-state index contributed by atoms with van der Waals surface area (Å²) in [5.74, 6) is -0.482. The predicted molar refractivity (Wildman–Crippen MR) is 139 cm³/mol. The fourth-order valence-electron chi connectivity index (χ4n) is 5.32. The maximum atomic E-state index is 14.4. The summed E-state index contributed by atoms with van der Waals surface area (Å²) in [6, 6.07) is 8.30. The molecule has 3 aromatic rings. The fraction of sp³-hybridized carbons (Fsp3) is 0.429. The highest BCUT2D eigenvalue weighted by Crippen LogP contribution is 2.38. The molecule has 194 valence electrons. The SMILES string of the molecule is CCCOC(=O)N1CCN(C(=O)c2ccc3c(Cl)c4c(nc3c2)CC(c2ncccc2F)CC4)C[C@@H]1C. The molecule has 2 aromatic heterocycles. The minimum absolute atomic E-state index is 0.0682. The quantitative estimate of drug-likeness (QED) is 0.457. The van der Waals surface area contributed by atoms with Crippen LogP contribution in [0.25, 0.3) is 10.9 Å². The van der Waals surface area contributed by atoms with Gasteiger partial charge in [-0.15, -0.1) is 0 Å². The van der Waals surface area contributed by atoms with Gasteiger partial charge >= 0.3 is 6.09 Å². The molecule has 0 radical (unpaired) electrons. The van der Waals surface area contributed by atoms with Gasteiger partial charge in [-0.2, -0.15) is 0 Å². The topological polar surface area (TPSA) is 75.6 Å². The van der Waals surface area contributed by atoms with Gasteiger partial charge in [0.2, 0.25) is 0 Å². The zero-order chi connectivity index (χ0) is 26.1. The maximum absolute atomic E-state index is 14.4. The summed E-state index contributed by atoms with van der Waals surface area (Å²) in [4.78, 5) is 38.2. The molecule has 1 saturated heterocycles. The molecule has 3 heterocycles. The van der Waals surface area contributed by atoms with Gasteiger partial charge in [0.05, 0.1) is 22.8 Å². The number of halogens is 2. The molecule has 1 fully saturated rings. The molecule has 9 heteroatoms. The first-order valence-electron chi connectivity index (χ1n) is 12.8. The Bertz CT molecular complexity index is 1350. The number of hydrogen-bond donors (Lipinski definition) is 0. The molecular weight excluding hydrogens is 495 g/mol. The first-order valence-corrected chi connectivity index (χ1v) is 13.2. The zero-order valence-corrected chi connectivity index (χ0v) is 21.8. The number of piperazine rings is 1. The number of ether oxygens (including phenoxy) is 1. The largest absolute Gasteiger partial charge is 0.449 e. The Hall–Kier alpha value is -3.26. The molecule has 0 spiro atoms. The van der Waals surface area contributed by atoms with Crippen LogP contribution in [-0.2, 0) is 17.6 Å². The number of benzene rings is 1. The van der Waals surface area contributed by atoms with Gasteiger partial charge in [-0.05, 0) is 62.4 Å². The van der Waals surface area contributed by atoms with Crippen molar-refractivity contribution in [2.24, 2.45) is 0 Å². The highest BCUT2D eigenvalue weighted by molar-refractivity contribution is 6.36. The second kappa shape index (κ2) is 10.6. The van der Waals surface area contributed by atoms with E-state index in [1.165, 1.54) is 6.07 Å². The maximum Gasteiger partial charge on any atom is 0.410 e. The molecule has 0 saturated carbocycles. The fourth-order valence-corrected chi connectivity index (χ4v) is 5.69. The average Bonchev–Trinajstić information content (AvgIpc) is 2.91. The van der Waals surface area contributed by atoms with Crippen LogP contribution in [0.5, 0.6) is 0 Å². The minimum Gasteiger partial charge on any atom is -0.449 e. The molecule has 37 heavy (non-hydrogen) atoms. The van der Waals surface area contributed by atoms with Crippen LogP contribution >= 0.6 is 11.6 Å². The summed E-state index contributed by atoms with van der Waals surface area (Å²) in [5, 5.41) is 1.45. The number of nitrogens with zero attached hydrogens (tertiary/aromatic N) is 4. The highest BCUT2D eigenvalue weighted by Gasteiger charge is 2.32. The van der Waals surface area contributed by atoms with E-state index < -0.39 is 0 Å². The van der Waals surface area contributed by atoms with E-state index >= 15 is 0 Å². The van der Waals surface area contributed by atoms with Crippen molar-refractivity contribution in [1.29, 1.82) is 0 Å². The molecule has 1 aromatic carbocycles. The second-order valence-corrected chi connectivity index (χ2v) is 10.2. The Morgan fingerprint density at radius 1 is 1.24 bits per heavy atom. The Morgan fingerprint density at radius 2 is 2.08 bits per heavy atom. The zero-order valence-electron chi connectivity index (χ0n) is 21.0. The monoisotopic (exact) mass is 524 g/mol. The molecule has 2 atom stereocenters. The van der Waals surface area contributed by atoms with Gasteiger partial charge < -0.3 is 14.5 Å². The van der Waals surface area contributed by atoms with Crippen molar-refractivity contribution in [3.63, 3.8) is 0 Å². The summed E-state index contributed by atoms with van der Waals surface area (Å²) >= 11 is 6.79. The van der Waals surface area contributed by atoms with Crippen LogP contribution in [0.15, 0.2) is 36.5 Å². The number of carbonyl (C=O) groups excluding carboxylic acids is 2. The minimum atomic E-state index is -0.334. The first-order chi connectivity index (χ1) is 17.9. The number of rotatable bonds is 4. The second-order valence-electron chi connectivity index (χ2n) is 9.80. The smallest absolute Gasteiger partial charge is 0.410 e. The third kappa shape index (κ3) is 4.99. The number of pyridine rings is 2. The van der Waals surface area contributed by atoms with Gasteiger partial charge in [-0.1, -0.05) is 24.6 Å². The average molecular weight is 525 g/mol. The molecule has 2 amide bonds. The predicted octanol–water partition coefficient (Wildman–Crippen LogP) is 5.39. The van der Waals surface area contributed by atoms with E-state index in [0.29, 0.717) is 60.9 Å². The molecule has 2 aliphatic rings. The van der Waals surface area contributed by atoms with Crippen LogP contribution in [0.3, 0.4) is 0 Å². The first kappa shape index (κ1) is 25.4. The standard InChI is InChI=1S/C28H30ClFN4O3/c1-3-13-37-28(36)34-12-11-33(16-17(34)2)27(35)19-7-9-21-24(15-19)32-23-14-18(6-8-20(23)25(21)29)26-22(30)5-4-10-31-26/h4-5,7,9-10,15,17-18H,3,6,8,11-14,16H2,1-2H3/t17-,18?/m0/s1. The number of aromatic nitrogens is 2. The van der Waals surface area contributed by atoms with Gasteiger partial charge in [0, 0.05) is 54.4 Å². The van der Waals surface area contributed by atoms with E-state index in [-0.39, 0.29) is 29.8 Å². The highest BCUT2D eigenvalue weighted by atomic mass is 35.5. The Labute approximate surface area is 220 Å². The van der Waals surface area contributed by atoms with Crippen molar-refractivity contribution in [1.82, 2.24) is 19.8 Å². The van der Waals surface area contributed by atoms with Gasteiger partial charge in [0.25, 0.3) is 5.91 Å². The number of hydrogen-bond acceptors (Lipinski definition) is 5. The lowest BCUT2D eigenvalue weighted by molar-refractivity contribution is 0.0412. The van der Waals surface area contributed by atoms with E-state index in [4.69, 9.17) is 21.3 Å². The van der Waals surface area contributed by atoms with Gasteiger partial charge in [0.1, 0.15) is 5.82 Å². The molecule has 5 rings (SSSR count). The van der Waals surface area contributed by atoms with E-state index in [2.05, 4.69) is 4.98 Å². The number of fused-ring (bicyclic) bond motifs is 2. The number of amides is 2. The van der Waals surface area contributed by atoms with E-state index in [1.807, 2.05) is 19.9 Å².